The van der Waals surface area contributed by atoms with Gasteiger partial charge in [-0.05, 0) is 19.5 Å². The molecule has 8 heteroatoms. The number of carbonyl (C=O) groups excluding carboxylic acids is 1. The molecule has 2 N–H and O–H groups in total. The van der Waals surface area contributed by atoms with Crippen molar-refractivity contribution in [2.24, 2.45) is 0 Å². The molecule has 0 aliphatic rings. The van der Waals surface area contributed by atoms with Gasteiger partial charge in [-0.25, -0.2) is 4.98 Å². The zero-order valence-corrected chi connectivity index (χ0v) is 17.0. The monoisotopic (exact) mass is 406 g/mol. The number of hydrogen-bond donors (Lipinski definition) is 2. The lowest BCUT2D eigenvalue weighted by Crippen LogP contribution is -2.32. The Kier molecular flexibility index (Phi) is 7.53. The van der Waals surface area contributed by atoms with Crippen LogP contribution in [0.3, 0.4) is 0 Å². The highest BCUT2D eigenvalue weighted by Gasteiger charge is 2.13. The maximum atomic E-state index is 12.9. The molecule has 3 aromatic rings. The van der Waals surface area contributed by atoms with Crippen LogP contribution in [-0.2, 0) is 11.3 Å². The van der Waals surface area contributed by atoms with Gasteiger partial charge in [0.1, 0.15) is 4.83 Å². The third-order valence-corrected chi connectivity index (χ3v) is 5.09. The fourth-order valence-corrected chi connectivity index (χ4v) is 3.62. The van der Waals surface area contributed by atoms with Gasteiger partial charge >= 0.3 is 0 Å². The van der Waals surface area contributed by atoms with Crippen LogP contribution in [-0.4, -0.2) is 35.6 Å². The van der Waals surface area contributed by atoms with Gasteiger partial charge in [-0.2, -0.15) is 0 Å². The average Bonchev–Trinajstić information content (AvgIpc) is 3.07. The molecule has 0 bridgehead atoms. The van der Waals surface area contributed by atoms with Crippen LogP contribution < -0.4 is 16.2 Å². The van der Waals surface area contributed by atoms with Crippen LogP contribution in [0.2, 0.25) is 0 Å². The van der Waals surface area contributed by atoms with E-state index in [1.807, 2.05) is 43.6 Å². The van der Waals surface area contributed by atoms with E-state index in [1.54, 1.807) is 0 Å². The van der Waals surface area contributed by atoms with E-state index in [9.17, 15) is 9.59 Å². The Hall–Kier alpha value is -2.22. The number of fused-ring (bicyclic) bond motifs is 1. The highest BCUT2D eigenvalue weighted by atomic mass is 35.5. The summed E-state index contributed by atoms with van der Waals surface area (Å²) < 4.78 is 1.52. The molecule has 0 fully saturated rings. The minimum atomic E-state index is -0.102. The molecule has 0 spiro atoms. The van der Waals surface area contributed by atoms with Crippen molar-refractivity contribution in [3.05, 3.63) is 51.9 Å². The molecule has 1 amide bonds. The minimum Gasteiger partial charge on any atom is -0.355 e. The lowest BCUT2D eigenvalue weighted by atomic mass is 10.1. The number of thiophene rings is 1. The van der Waals surface area contributed by atoms with Crippen molar-refractivity contribution < 1.29 is 4.79 Å². The lowest BCUT2D eigenvalue weighted by Gasteiger charge is -2.07. The van der Waals surface area contributed by atoms with Crippen LogP contribution in [0, 0.1) is 6.92 Å². The van der Waals surface area contributed by atoms with E-state index in [0.717, 1.165) is 16.0 Å². The normalized spacial score (nSPS) is 10.6. The molecule has 0 atom stereocenters. The van der Waals surface area contributed by atoms with E-state index < -0.39 is 0 Å². The summed E-state index contributed by atoms with van der Waals surface area (Å²) in [5.74, 6) is -0.0728. The summed E-state index contributed by atoms with van der Waals surface area (Å²) in [6.45, 7) is 3.64. The second-order valence-corrected chi connectivity index (χ2v) is 7.00. The van der Waals surface area contributed by atoms with Gasteiger partial charge < -0.3 is 10.6 Å². The van der Waals surface area contributed by atoms with Crippen LogP contribution in [0.5, 0.6) is 0 Å². The Labute approximate surface area is 168 Å². The van der Waals surface area contributed by atoms with Gasteiger partial charge in [0.25, 0.3) is 5.56 Å². The maximum absolute atomic E-state index is 12.9. The van der Waals surface area contributed by atoms with Crippen molar-refractivity contribution in [3.63, 3.8) is 0 Å². The number of nitrogens with zero attached hydrogens (tertiary/aromatic N) is 2. The van der Waals surface area contributed by atoms with Gasteiger partial charge in [0, 0.05) is 37.0 Å². The van der Waals surface area contributed by atoms with Gasteiger partial charge in [-0.15, -0.1) is 23.7 Å². The summed E-state index contributed by atoms with van der Waals surface area (Å²) in [6, 6.07) is 8.10. The van der Waals surface area contributed by atoms with Gasteiger partial charge in [-0.1, -0.05) is 29.8 Å². The fraction of sp³-hybridized carbons (Fsp3) is 0.316. The third kappa shape index (κ3) is 4.94. The second-order valence-electron chi connectivity index (χ2n) is 6.14. The smallest absolute Gasteiger partial charge is 0.262 e. The van der Waals surface area contributed by atoms with Crippen molar-refractivity contribution in [1.29, 1.82) is 0 Å². The van der Waals surface area contributed by atoms with Gasteiger partial charge in [-0.3, -0.25) is 14.2 Å². The molecule has 0 aliphatic heterocycles. The Balaban J connectivity index is 0.00000261. The fourth-order valence-electron chi connectivity index (χ4n) is 2.71. The molecule has 27 heavy (non-hydrogen) atoms. The van der Waals surface area contributed by atoms with Crippen LogP contribution in [0.1, 0.15) is 12.0 Å². The number of rotatable bonds is 7. The van der Waals surface area contributed by atoms with E-state index in [-0.39, 0.29) is 30.3 Å². The molecule has 3 rings (SSSR count). The number of likely N-dealkylation sites (N-methyl/N-ethyl adjacent to an activating group) is 1. The molecule has 0 radical (unpaired) electrons. The van der Waals surface area contributed by atoms with Crippen LogP contribution in [0.25, 0.3) is 21.3 Å². The number of amides is 1. The van der Waals surface area contributed by atoms with Crippen molar-refractivity contribution in [2.45, 2.75) is 19.9 Å². The summed E-state index contributed by atoms with van der Waals surface area (Å²) in [7, 11) is 1.83. The van der Waals surface area contributed by atoms with E-state index >= 15 is 0 Å². The zero-order chi connectivity index (χ0) is 18.5. The van der Waals surface area contributed by atoms with E-state index in [0.29, 0.717) is 25.0 Å². The highest BCUT2D eigenvalue weighted by molar-refractivity contribution is 7.17. The molecule has 0 saturated heterocycles. The van der Waals surface area contributed by atoms with Gasteiger partial charge in [0.05, 0.1) is 11.7 Å². The summed E-state index contributed by atoms with van der Waals surface area (Å²) in [4.78, 5) is 29.9. The summed E-state index contributed by atoms with van der Waals surface area (Å²) in [6.07, 6.45) is 1.78. The molecule has 2 heterocycles. The van der Waals surface area contributed by atoms with E-state index in [1.165, 1.54) is 27.8 Å². The lowest BCUT2D eigenvalue weighted by molar-refractivity contribution is -0.121. The Morgan fingerprint density at radius 2 is 1.96 bits per heavy atom. The Bertz CT molecular complexity index is 966. The number of hydrogen-bond acceptors (Lipinski definition) is 5. The zero-order valence-electron chi connectivity index (χ0n) is 15.3. The van der Waals surface area contributed by atoms with Gasteiger partial charge in [0.15, 0.2) is 0 Å². The SMILES string of the molecule is CNCCNC(=O)CCn1cnc2scc(-c3ccc(C)cc3)c2c1=O.Cl. The predicted octanol–water partition coefficient (Wildman–Crippen LogP) is 2.58. The number of benzene rings is 1. The second kappa shape index (κ2) is 9.64. The number of aromatic nitrogens is 2. The molecule has 1 aromatic carbocycles. The van der Waals surface area contributed by atoms with Crippen molar-refractivity contribution in [2.75, 3.05) is 20.1 Å². The largest absolute Gasteiger partial charge is 0.355 e. The predicted molar refractivity (Wildman–Crippen MR) is 113 cm³/mol. The first-order valence-corrected chi connectivity index (χ1v) is 9.43. The first kappa shape index (κ1) is 21.1. The van der Waals surface area contributed by atoms with Crippen molar-refractivity contribution in [1.82, 2.24) is 20.2 Å². The maximum Gasteiger partial charge on any atom is 0.262 e. The summed E-state index contributed by atoms with van der Waals surface area (Å²) >= 11 is 1.46. The molecular weight excluding hydrogens is 384 g/mol. The average molecular weight is 407 g/mol. The quantitative estimate of drug-likeness (QED) is 0.591. The molecule has 6 nitrogen and oxygen atoms in total. The molecule has 0 aliphatic carbocycles. The van der Waals surface area contributed by atoms with Crippen molar-refractivity contribution in [3.8, 4) is 11.1 Å². The third-order valence-electron chi connectivity index (χ3n) is 4.20. The number of aryl methyl sites for hydroxylation is 2. The molecule has 0 saturated carbocycles. The first-order valence-electron chi connectivity index (χ1n) is 8.55. The molecule has 0 unspecified atom stereocenters. The highest BCUT2D eigenvalue weighted by Crippen LogP contribution is 2.30. The summed E-state index contributed by atoms with van der Waals surface area (Å²) in [5.41, 5.74) is 2.97. The van der Waals surface area contributed by atoms with E-state index in [2.05, 4.69) is 15.6 Å². The van der Waals surface area contributed by atoms with E-state index in [4.69, 9.17) is 0 Å². The summed E-state index contributed by atoms with van der Waals surface area (Å²) in [5, 5.41) is 8.38. The van der Waals surface area contributed by atoms with Crippen LogP contribution in [0.4, 0.5) is 0 Å². The standard InChI is InChI=1S/C19H22N4O2S.ClH/c1-13-3-5-14(6-4-13)15-11-26-18-17(15)19(25)23(12-22-18)10-7-16(24)21-9-8-20-2;/h3-6,11-12,20H,7-10H2,1-2H3,(H,21,24);1H. The number of halogens is 1. The molecule has 144 valence electrons. The first-order chi connectivity index (χ1) is 12.6. The Morgan fingerprint density at radius 3 is 2.67 bits per heavy atom. The van der Waals surface area contributed by atoms with Gasteiger partial charge in [0.2, 0.25) is 5.91 Å². The number of carbonyl (C=O) groups is 1. The van der Waals surface area contributed by atoms with Crippen LogP contribution in [0.15, 0.2) is 40.8 Å². The van der Waals surface area contributed by atoms with Crippen LogP contribution >= 0.6 is 23.7 Å². The minimum absolute atomic E-state index is 0. The Morgan fingerprint density at radius 1 is 1.22 bits per heavy atom. The van der Waals surface area contributed by atoms with Crippen molar-refractivity contribution >= 4 is 39.9 Å². The molecule has 2 aromatic heterocycles. The topological polar surface area (TPSA) is 76.0 Å². The molecular formula is C19H23ClN4O2S. The number of nitrogens with one attached hydrogen (secondary N) is 2.